The summed E-state index contributed by atoms with van der Waals surface area (Å²) >= 11 is 13.3. The Hall–Kier alpha value is -2.02. The highest BCUT2D eigenvalue weighted by Gasteiger charge is 2.23. The second-order valence-corrected chi connectivity index (χ2v) is 7.01. The van der Waals surface area contributed by atoms with E-state index in [1.54, 1.807) is 24.3 Å². The zero-order chi connectivity index (χ0) is 18.0. The summed E-state index contributed by atoms with van der Waals surface area (Å²) in [5.41, 5.74) is 1.28. The van der Waals surface area contributed by atoms with Crippen molar-refractivity contribution in [2.45, 2.75) is 6.61 Å². The molecule has 4 nitrogen and oxygen atoms in total. The number of hydrogen-bond acceptors (Lipinski definition) is 4. The Kier molecular flexibility index (Phi) is 5.32. The van der Waals surface area contributed by atoms with Gasteiger partial charge in [0.05, 0.1) is 9.93 Å². The Labute approximate surface area is 157 Å². The van der Waals surface area contributed by atoms with Gasteiger partial charge in [-0.1, -0.05) is 35.3 Å². The van der Waals surface area contributed by atoms with Gasteiger partial charge >= 0.3 is 0 Å². The number of amidine groups is 1. The molecule has 128 valence electrons. The highest BCUT2D eigenvalue weighted by Crippen LogP contribution is 2.36. The molecule has 2 N–H and O–H groups in total. The number of nitrogens with one attached hydrogen (secondary N) is 2. The topological polar surface area (TPSA) is 62.2 Å². The summed E-state index contributed by atoms with van der Waals surface area (Å²) in [4.78, 5) is 12.1. The highest BCUT2D eigenvalue weighted by atomic mass is 35.5. The van der Waals surface area contributed by atoms with Crippen molar-refractivity contribution in [3.63, 3.8) is 0 Å². The van der Waals surface area contributed by atoms with Gasteiger partial charge in [0.2, 0.25) is 0 Å². The molecule has 0 radical (unpaired) electrons. The van der Waals surface area contributed by atoms with E-state index in [1.165, 1.54) is 18.2 Å². The lowest BCUT2D eigenvalue weighted by molar-refractivity contribution is -0.115. The molecule has 0 spiro atoms. The van der Waals surface area contributed by atoms with Crippen molar-refractivity contribution < 1.29 is 13.9 Å². The quantitative estimate of drug-likeness (QED) is 0.725. The SMILES string of the molecule is N=C1NC(=O)C(=Cc2cc(Cl)cc(Cl)c2OCc2ccc(F)cc2)S1. The maximum absolute atomic E-state index is 13.0. The molecule has 1 saturated heterocycles. The summed E-state index contributed by atoms with van der Waals surface area (Å²) in [6.07, 6.45) is 1.57. The van der Waals surface area contributed by atoms with E-state index in [0.29, 0.717) is 26.3 Å². The molecule has 0 aromatic heterocycles. The first kappa shape index (κ1) is 17.8. The summed E-state index contributed by atoms with van der Waals surface area (Å²) in [5, 5.41) is 10.6. The number of amides is 1. The number of benzene rings is 2. The summed E-state index contributed by atoms with van der Waals surface area (Å²) in [6, 6.07) is 9.06. The number of thioether (sulfide) groups is 1. The van der Waals surface area contributed by atoms with Crippen LogP contribution in [0.3, 0.4) is 0 Å². The molecule has 25 heavy (non-hydrogen) atoms. The van der Waals surface area contributed by atoms with Gasteiger partial charge in [-0.05, 0) is 47.7 Å². The van der Waals surface area contributed by atoms with E-state index in [4.69, 9.17) is 33.3 Å². The summed E-state index contributed by atoms with van der Waals surface area (Å²) in [6.45, 7) is 0.174. The van der Waals surface area contributed by atoms with Crippen LogP contribution in [-0.4, -0.2) is 11.1 Å². The molecular formula is C17H11Cl2FN2O2S. The maximum atomic E-state index is 13.0. The maximum Gasteiger partial charge on any atom is 0.264 e. The largest absolute Gasteiger partial charge is 0.487 e. The lowest BCUT2D eigenvalue weighted by atomic mass is 10.1. The van der Waals surface area contributed by atoms with Crippen molar-refractivity contribution in [3.05, 3.63) is 68.3 Å². The van der Waals surface area contributed by atoms with Gasteiger partial charge in [0.15, 0.2) is 5.17 Å². The average Bonchev–Trinajstić information content (AvgIpc) is 2.85. The summed E-state index contributed by atoms with van der Waals surface area (Å²) < 4.78 is 18.7. The van der Waals surface area contributed by atoms with Crippen molar-refractivity contribution in [1.29, 1.82) is 5.41 Å². The van der Waals surface area contributed by atoms with E-state index in [1.807, 2.05) is 0 Å². The number of carbonyl (C=O) groups is 1. The Morgan fingerprint density at radius 2 is 1.96 bits per heavy atom. The minimum atomic E-state index is -0.365. The predicted octanol–water partition coefficient (Wildman–Crippen LogP) is 4.85. The van der Waals surface area contributed by atoms with E-state index < -0.39 is 0 Å². The lowest BCUT2D eigenvalue weighted by Gasteiger charge is -2.12. The minimum absolute atomic E-state index is 0.0538. The molecule has 0 atom stereocenters. The number of halogens is 3. The third-order valence-electron chi connectivity index (χ3n) is 3.28. The van der Waals surface area contributed by atoms with E-state index in [-0.39, 0.29) is 23.5 Å². The smallest absolute Gasteiger partial charge is 0.264 e. The molecule has 1 amide bonds. The molecule has 0 saturated carbocycles. The molecule has 2 aromatic carbocycles. The minimum Gasteiger partial charge on any atom is -0.487 e. The van der Waals surface area contributed by atoms with Gasteiger partial charge in [-0.2, -0.15) is 0 Å². The zero-order valence-electron chi connectivity index (χ0n) is 12.6. The number of carbonyl (C=O) groups excluding carboxylic acids is 1. The van der Waals surface area contributed by atoms with Crippen LogP contribution in [0, 0.1) is 11.2 Å². The van der Waals surface area contributed by atoms with Crippen molar-refractivity contribution >= 4 is 52.1 Å². The monoisotopic (exact) mass is 396 g/mol. The van der Waals surface area contributed by atoms with Gasteiger partial charge < -0.3 is 10.1 Å². The van der Waals surface area contributed by atoms with Gasteiger partial charge in [-0.3, -0.25) is 10.2 Å². The molecule has 8 heteroatoms. The van der Waals surface area contributed by atoms with Gasteiger partial charge in [0.25, 0.3) is 5.91 Å². The van der Waals surface area contributed by atoms with E-state index in [9.17, 15) is 9.18 Å². The average molecular weight is 397 g/mol. The van der Waals surface area contributed by atoms with Gasteiger partial charge in [0, 0.05) is 10.6 Å². The fourth-order valence-electron chi connectivity index (χ4n) is 2.16. The van der Waals surface area contributed by atoms with Crippen molar-refractivity contribution in [3.8, 4) is 5.75 Å². The molecule has 1 aliphatic heterocycles. The van der Waals surface area contributed by atoms with Crippen LogP contribution in [0.4, 0.5) is 4.39 Å². The van der Waals surface area contributed by atoms with Crippen LogP contribution < -0.4 is 10.1 Å². The van der Waals surface area contributed by atoms with E-state index >= 15 is 0 Å². The fourth-order valence-corrected chi connectivity index (χ4v) is 3.42. The van der Waals surface area contributed by atoms with Gasteiger partial charge in [-0.25, -0.2) is 4.39 Å². The van der Waals surface area contributed by atoms with Crippen molar-refractivity contribution in [1.82, 2.24) is 5.32 Å². The van der Waals surface area contributed by atoms with Crippen LogP contribution in [0.1, 0.15) is 11.1 Å². The second-order valence-electron chi connectivity index (χ2n) is 5.12. The van der Waals surface area contributed by atoms with Crippen LogP contribution in [0.25, 0.3) is 6.08 Å². The first-order valence-corrected chi connectivity index (χ1v) is 8.65. The molecule has 2 aromatic rings. The van der Waals surface area contributed by atoms with Crippen molar-refractivity contribution in [2.24, 2.45) is 0 Å². The number of rotatable bonds is 4. The third kappa shape index (κ3) is 4.34. The second kappa shape index (κ2) is 7.47. The Balaban J connectivity index is 1.90. The summed E-state index contributed by atoms with van der Waals surface area (Å²) in [5.74, 6) is -0.337. The first-order valence-electron chi connectivity index (χ1n) is 7.08. The highest BCUT2D eigenvalue weighted by molar-refractivity contribution is 8.18. The van der Waals surface area contributed by atoms with E-state index in [2.05, 4.69) is 5.32 Å². The molecular weight excluding hydrogens is 386 g/mol. The number of hydrogen-bond donors (Lipinski definition) is 2. The van der Waals surface area contributed by atoms with Crippen LogP contribution in [0.2, 0.25) is 10.0 Å². The van der Waals surface area contributed by atoms with Crippen LogP contribution in [0.15, 0.2) is 41.3 Å². The molecule has 3 rings (SSSR count). The molecule has 1 heterocycles. The van der Waals surface area contributed by atoms with Crippen LogP contribution >= 0.6 is 35.0 Å². The first-order chi connectivity index (χ1) is 11.9. The predicted molar refractivity (Wildman–Crippen MR) is 98.6 cm³/mol. The zero-order valence-corrected chi connectivity index (χ0v) is 14.9. The standard InChI is InChI=1S/C17H11Cl2FN2O2S/c18-11-5-10(6-14-16(23)22-17(21)25-14)15(13(19)7-11)24-8-9-1-3-12(20)4-2-9/h1-7H,8H2,(H2,21,22,23). The van der Waals surface area contributed by atoms with Crippen molar-refractivity contribution in [2.75, 3.05) is 0 Å². The van der Waals surface area contributed by atoms with Crippen LogP contribution in [0.5, 0.6) is 5.75 Å². The summed E-state index contributed by atoms with van der Waals surface area (Å²) in [7, 11) is 0. The molecule has 1 aliphatic rings. The normalized spacial score (nSPS) is 15.6. The third-order valence-corrected chi connectivity index (χ3v) is 4.61. The van der Waals surface area contributed by atoms with Crippen LogP contribution in [-0.2, 0) is 11.4 Å². The Morgan fingerprint density at radius 1 is 1.24 bits per heavy atom. The molecule has 1 fully saturated rings. The van der Waals surface area contributed by atoms with Gasteiger partial charge in [0.1, 0.15) is 18.2 Å². The van der Waals surface area contributed by atoms with E-state index in [0.717, 1.165) is 17.3 Å². The Morgan fingerprint density at radius 3 is 2.60 bits per heavy atom. The molecule has 0 aliphatic carbocycles. The Bertz CT molecular complexity index is 885. The number of ether oxygens (including phenoxy) is 1. The molecule has 0 bridgehead atoms. The van der Waals surface area contributed by atoms with Gasteiger partial charge in [-0.15, -0.1) is 0 Å². The lowest BCUT2D eigenvalue weighted by Crippen LogP contribution is -2.18. The molecule has 0 unspecified atom stereocenters. The fraction of sp³-hybridized carbons (Fsp3) is 0.0588.